The predicted octanol–water partition coefficient (Wildman–Crippen LogP) is 21.6. The van der Waals surface area contributed by atoms with Gasteiger partial charge in [-0.05, 0) is 128 Å². The molecule has 84 heavy (non-hydrogen) atoms. The van der Waals surface area contributed by atoms with Crippen LogP contribution in [-0.4, -0.2) is 74.9 Å². The number of rotatable bonds is 59. The number of phosphoric ester groups is 1. The third-order valence-corrected chi connectivity index (χ3v) is 14.5. The molecule has 0 heterocycles. The lowest BCUT2D eigenvalue weighted by Crippen LogP contribution is -2.37. The van der Waals surface area contributed by atoms with Gasteiger partial charge in [0, 0.05) is 12.8 Å². The zero-order valence-electron chi connectivity index (χ0n) is 54.1. The molecule has 0 aliphatic carbocycles. The van der Waals surface area contributed by atoms with Crippen molar-refractivity contribution in [2.24, 2.45) is 0 Å². The molecule has 0 spiro atoms. The lowest BCUT2D eigenvalue weighted by molar-refractivity contribution is -0.870. The summed E-state index contributed by atoms with van der Waals surface area (Å²) in [6.07, 6.45) is 94.7. The number of hydrogen-bond donors (Lipinski definition) is 1. The SMILES string of the molecule is CC/C=C\C/C=C\C/C=C\C/C=C\C/C=C\C/C=C\C/C=C\C/C=C\C/C=C\C/C=C\CCCCCCCCCCC(=O)OC(COC(=O)CCCCCCCC/C=C\C/C=C\C/C=C\CCCCCCC)COP(=O)(O)OCC[N+](C)(C)C. The first-order valence-corrected chi connectivity index (χ1v) is 34.7. The maximum absolute atomic E-state index is 12.9. The van der Waals surface area contributed by atoms with Crippen molar-refractivity contribution in [2.45, 2.75) is 251 Å². The van der Waals surface area contributed by atoms with Gasteiger partial charge in [-0.2, -0.15) is 0 Å². The Bertz CT molecular complexity index is 1970. The van der Waals surface area contributed by atoms with Crippen molar-refractivity contribution in [1.82, 2.24) is 0 Å². The largest absolute Gasteiger partial charge is 0.472 e. The molecule has 0 bridgehead atoms. The van der Waals surface area contributed by atoms with Gasteiger partial charge in [0.2, 0.25) is 0 Å². The van der Waals surface area contributed by atoms with E-state index in [4.69, 9.17) is 18.5 Å². The summed E-state index contributed by atoms with van der Waals surface area (Å²) in [5.41, 5.74) is 0. The van der Waals surface area contributed by atoms with E-state index in [1.165, 1.54) is 77.0 Å². The van der Waals surface area contributed by atoms with E-state index in [1.54, 1.807) is 0 Å². The highest BCUT2D eigenvalue weighted by atomic mass is 31.2. The second-order valence-electron chi connectivity index (χ2n) is 22.8. The molecule has 2 unspecified atom stereocenters. The highest BCUT2D eigenvalue weighted by molar-refractivity contribution is 7.47. The first-order valence-electron chi connectivity index (χ1n) is 33.2. The van der Waals surface area contributed by atoms with E-state index in [1.807, 2.05) is 21.1 Å². The molecule has 0 saturated carbocycles. The molecule has 2 atom stereocenters. The van der Waals surface area contributed by atoms with Gasteiger partial charge >= 0.3 is 19.8 Å². The van der Waals surface area contributed by atoms with Crippen LogP contribution in [0.2, 0.25) is 0 Å². The monoisotopic (exact) mass is 1180 g/mol. The van der Waals surface area contributed by atoms with Crippen molar-refractivity contribution in [3.05, 3.63) is 158 Å². The summed E-state index contributed by atoms with van der Waals surface area (Å²) >= 11 is 0. The average molecular weight is 1190 g/mol. The van der Waals surface area contributed by atoms with Gasteiger partial charge in [-0.15, -0.1) is 0 Å². The number of esters is 2. The van der Waals surface area contributed by atoms with Gasteiger partial charge in [-0.25, -0.2) is 4.57 Å². The Morgan fingerprint density at radius 3 is 1.01 bits per heavy atom. The number of quaternary nitrogens is 1. The number of carbonyl (C=O) groups is 2. The number of ether oxygens (including phenoxy) is 2. The zero-order chi connectivity index (χ0) is 61.2. The second kappa shape index (κ2) is 63.1. The molecule has 0 amide bonds. The summed E-state index contributed by atoms with van der Waals surface area (Å²) in [6, 6.07) is 0. The topological polar surface area (TPSA) is 108 Å². The molecule has 0 rings (SSSR count). The predicted molar refractivity (Wildman–Crippen MR) is 362 cm³/mol. The fraction of sp³-hybridized carbons (Fsp3) is 0.622. The number of phosphoric acid groups is 1. The first-order chi connectivity index (χ1) is 41.0. The van der Waals surface area contributed by atoms with Crippen molar-refractivity contribution >= 4 is 19.8 Å². The van der Waals surface area contributed by atoms with Crippen LogP contribution >= 0.6 is 7.82 Å². The normalized spacial score (nSPS) is 14.2. The van der Waals surface area contributed by atoms with E-state index in [-0.39, 0.29) is 32.0 Å². The van der Waals surface area contributed by atoms with E-state index >= 15 is 0 Å². The van der Waals surface area contributed by atoms with Crippen LogP contribution in [-0.2, 0) is 32.7 Å². The molecule has 0 aliphatic rings. The summed E-state index contributed by atoms with van der Waals surface area (Å²) < 4.78 is 34.6. The van der Waals surface area contributed by atoms with Crippen molar-refractivity contribution in [3.63, 3.8) is 0 Å². The van der Waals surface area contributed by atoms with Crippen molar-refractivity contribution in [2.75, 3.05) is 47.5 Å². The van der Waals surface area contributed by atoms with Gasteiger partial charge in [0.15, 0.2) is 6.10 Å². The van der Waals surface area contributed by atoms with E-state index in [2.05, 4.69) is 172 Å². The molecule has 10 heteroatoms. The van der Waals surface area contributed by atoms with Gasteiger partial charge < -0.3 is 18.9 Å². The van der Waals surface area contributed by atoms with Crippen molar-refractivity contribution in [1.29, 1.82) is 0 Å². The Hall–Kier alpha value is -4.37. The minimum atomic E-state index is -4.41. The third kappa shape index (κ3) is 66.8. The fourth-order valence-electron chi connectivity index (χ4n) is 8.46. The molecule has 0 saturated heterocycles. The molecule has 0 radical (unpaired) electrons. The van der Waals surface area contributed by atoms with Gasteiger partial charge in [-0.1, -0.05) is 262 Å². The summed E-state index contributed by atoms with van der Waals surface area (Å²) in [5.74, 6) is -0.830. The van der Waals surface area contributed by atoms with Crippen LogP contribution in [0, 0.1) is 0 Å². The number of unbranched alkanes of at least 4 members (excludes halogenated alkanes) is 19. The standard InChI is InChI=1S/C74H122NO8P/c1-6-8-10-12-14-16-18-20-22-24-26-28-29-30-31-32-33-34-35-36-37-38-39-40-41-42-43-44-45-47-49-51-53-55-57-59-61-63-65-67-74(77)83-72(71-82-84(78,79)81-69-68-75(3,4)5)70-80-73(76)66-64-62-60-58-56-54-52-50-48-46-27-25-23-21-19-17-15-13-11-9-7-2/h8,10,14,16,19-22,25-28,30-31,33-34,36-37,39-40,42-43,45,47-48,50,72H,6-7,9,11-13,15,17-18,23-24,29,32,35,38,41,44,46,49,51-71H2,1-5H3/p+1/b10-8-,16-14-,21-19-,22-20-,27-25-,28-26-,31-30-,34-33-,37-36-,40-39-,43-42-,47-45-,50-48-. The van der Waals surface area contributed by atoms with Crippen LogP contribution in [0.4, 0.5) is 0 Å². The quantitative estimate of drug-likeness (QED) is 0.0211. The van der Waals surface area contributed by atoms with Gasteiger partial charge in [0.05, 0.1) is 27.7 Å². The smallest absolute Gasteiger partial charge is 0.462 e. The summed E-state index contributed by atoms with van der Waals surface area (Å²) in [6.45, 7) is 4.27. The summed E-state index contributed by atoms with van der Waals surface area (Å²) in [7, 11) is 1.44. The fourth-order valence-corrected chi connectivity index (χ4v) is 9.20. The van der Waals surface area contributed by atoms with Crippen LogP contribution in [0.5, 0.6) is 0 Å². The highest BCUT2D eigenvalue weighted by Gasteiger charge is 2.27. The number of allylic oxidation sites excluding steroid dienone is 26. The molecule has 476 valence electrons. The van der Waals surface area contributed by atoms with Gasteiger partial charge in [0.1, 0.15) is 19.8 Å². The van der Waals surface area contributed by atoms with Gasteiger partial charge in [0.25, 0.3) is 0 Å². The molecule has 0 aromatic rings. The zero-order valence-corrected chi connectivity index (χ0v) is 55.0. The molecule has 0 aromatic carbocycles. The Labute approximate surface area is 516 Å². The van der Waals surface area contributed by atoms with E-state index < -0.39 is 26.5 Å². The summed E-state index contributed by atoms with van der Waals surface area (Å²) in [4.78, 5) is 35.8. The van der Waals surface area contributed by atoms with Crippen molar-refractivity contribution in [3.8, 4) is 0 Å². The van der Waals surface area contributed by atoms with E-state index in [0.717, 1.165) is 128 Å². The Morgan fingerprint density at radius 2 is 0.679 bits per heavy atom. The molecule has 0 aromatic heterocycles. The van der Waals surface area contributed by atoms with Crippen LogP contribution < -0.4 is 0 Å². The highest BCUT2D eigenvalue weighted by Crippen LogP contribution is 2.43. The number of likely N-dealkylation sites (N-methyl/N-ethyl adjacent to an activating group) is 1. The first kappa shape index (κ1) is 79.6. The molecule has 0 fully saturated rings. The molecular formula is C74H123NO8P+. The lowest BCUT2D eigenvalue weighted by atomic mass is 10.1. The number of carbonyl (C=O) groups excluding carboxylic acids is 2. The van der Waals surface area contributed by atoms with E-state index in [0.29, 0.717) is 23.9 Å². The minimum absolute atomic E-state index is 0.0194. The van der Waals surface area contributed by atoms with Gasteiger partial charge in [-0.3, -0.25) is 18.6 Å². The average Bonchev–Trinajstić information content (AvgIpc) is 3.61. The Balaban J connectivity index is 4.17. The lowest BCUT2D eigenvalue weighted by Gasteiger charge is -2.24. The number of nitrogens with zero attached hydrogens (tertiary/aromatic N) is 1. The second-order valence-corrected chi connectivity index (χ2v) is 24.2. The molecule has 0 aliphatic heterocycles. The van der Waals surface area contributed by atoms with E-state index in [9.17, 15) is 19.0 Å². The van der Waals surface area contributed by atoms with Crippen LogP contribution in [0.15, 0.2) is 158 Å². The molecule has 1 N–H and O–H groups in total. The molecular weight excluding hydrogens is 1060 g/mol. The summed E-state index contributed by atoms with van der Waals surface area (Å²) in [5, 5.41) is 0. The maximum Gasteiger partial charge on any atom is 0.472 e. The van der Waals surface area contributed by atoms with Crippen LogP contribution in [0.25, 0.3) is 0 Å². The van der Waals surface area contributed by atoms with Crippen LogP contribution in [0.1, 0.15) is 245 Å². The van der Waals surface area contributed by atoms with Crippen LogP contribution in [0.3, 0.4) is 0 Å². The Morgan fingerprint density at radius 1 is 0.381 bits per heavy atom. The third-order valence-electron chi connectivity index (χ3n) is 13.5. The van der Waals surface area contributed by atoms with Crippen molar-refractivity contribution < 1.29 is 42.1 Å². The minimum Gasteiger partial charge on any atom is -0.462 e. The maximum atomic E-state index is 12.9. The number of hydrogen-bond acceptors (Lipinski definition) is 7. The Kier molecular flexibility index (Phi) is 59.9. The molecule has 9 nitrogen and oxygen atoms in total.